The number of hydrogen-bond donors (Lipinski definition) is 2. The van der Waals surface area contributed by atoms with Crippen molar-refractivity contribution in [2.45, 2.75) is 174 Å². The minimum atomic E-state index is -4.29. The number of carbonyl (C=O) groups is 1. The maximum Gasteiger partial charge on any atom is 0.472 e. The maximum absolute atomic E-state index is 12.5. The molecule has 0 saturated carbocycles. The molecular formula is C43H78NO7P. The summed E-state index contributed by atoms with van der Waals surface area (Å²) in [7, 11) is -4.29. The fraction of sp³-hybridized carbons (Fsp3) is 0.744. The highest BCUT2D eigenvalue weighted by Crippen LogP contribution is 2.43. The molecule has 9 heteroatoms. The lowest BCUT2D eigenvalue weighted by molar-refractivity contribution is -0.154. The molecular weight excluding hydrogens is 673 g/mol. The van der Waals surface area contributed by atoms with Crippen LogP contribution >= 0.6 is 7.82 Å². The van der Waals surface area contributed by atoms with Gasteiger partial charge in [-0.1, -0.05) is 158 Å². The number of phosphoric ester groups is 1. The summed E-state index contributed by atoms with van der Waals surface area (Å²) in [5.74, 6) is -0.353. The number of nitrogens with two attached hydrogens (primary N) is 1. The predicted molar refractivity (Wildman–Crippen MR) is 219 cm³/mol. The molecule has 8 nitrogen and oxygen atoms in total. The van der Waals surface area contributed by atoms with E-state index in [-0.39, 0.29) is 32.3 Å². The second kappa shape index (κ2) is 40.4. The van der Waals surface area contributed by atoms with E-state index in [1.807, 2.05) is 0 Å². The van der Waals surface area contributed by atoms with E-state index < -0.39 is 13.9 Å². The third-order valence-corrected chi connectivity index (χ3v) is 9.49. The highest BCUT2D eigenvalue weighted by atomic mass is 31.2. The highest BCUT2D eigenvalue weighted by Gasteiger charge is 2.25. The average molecular weight is 752 g/mol. The monoisotopic (exact) mass is 752 g/mol. The Balaban J connectivity index is 4.15. The standard InChI is InChI=1S/C43H78NO7P/c1-3-5-7-9-11-13-15-17-18-19-20-21-22-23-25-27-29-31-33-35-38-48-40-42(41-50-52(46,47)49-39-37-44)51-43(45)36-34-32-30-28-26-24-16-14-12-10-8-6-4-2/h14,16-23,25,42H,3-13,15,24,26-41,44H2,1-2H3,(H,46,47). The van der Waals surface area contributed by atoms with Crippen molar-refractivity contribution in [3.05, 3.63) is 60.8 Å². The van der Waals surface area contributed by atoms with Crippen LogP contribution in [0.4, 0.5) is 0 Å². The van der Waals surface area contributed by atoms with Gasteiger partial charge >= 0.3 is 13.8 Å². The number of allylic oxidation sites excluding steroid dienone is 10. The molecule has 0 aromatic heterocycles. The maximum atomic E-state index is 12.5. The Morgan fingerprint density at radius 1 is 0.577 bits per heavy atom. The zero-order valence-electron chi connectivity index (χ0n) is 33.3. The molecule has 0 aromatic rings. The number of unbranched alkanes of at least 4 members (excludes halogenated alkanes) is 19. The number of esters is 1. The van der Waals surface area contributed by atoms with Gasteiger partial charge in [0.05, 0.1) is 19.8 Å². The third kappa shape index (κ3) is 39.4. The third-order valence-electron chi connectivity index (χ3n) is 8.50. The Morgan fingerprint density at radius 2 is 1.04 bits per heavy atom. The van der Waals surface area contributed by atoms with Crippen LogP contribution in [-0.4, -0.2) is 49.9 Å². The Kier molecular flexibility index (Phi) is 39.0. The smallest absolute Gasteiger partial charge is 0.457 e. The predicted octanol–water partition coefficient (Wildman–Crippen LogP) is 12.2. The zero-order chi connectivity index (χ0) is 38.1. The van der Waals surface area contributed by atoms with Crippen molar-refractivity contribution < 1.29 is 32.8 Å². The molecule has 0 rings (SSSR count). The van der Waals surface area contributed by atoms with Crippen molar-refractivity contribution in [3.8, 4) is 0 Å². The second-order valence-corrected chi connectivity index (χ2v) is 15.0. The summed E-state index contributed by atoms with van der Waals surface area (Å²) in [5, 5.41) is 0. The first-order chi connectivity index (χ1) is 25.4. The summed E-state index contributed by atoms with van der Waals surface area (Å²) < 4.78 is 33.3. The lowest BCUT2D eigenvalue weighted by Crippen LogP contribution is -2.28. The molecule has 2 unspecified atom stereocenters. The minimum absolute atomic E-state index is 0.0905. The lowest BCUT2D eigenvalue weighted by atomic mass is 10.1. The van der Waals surface area contributed by atoms with Crippen LogP contribution in [-0.2, 0) is 27.9 Å². The van der Waals surface area contributed by atoms with Gasteiger partial charge in [0, 0.05) is 19.6 Å². The number of phosphoric acid groups is 1. The van der Waals surface area contributed by atoms with Crippen LogP contribution in [0.25, 0.3) is 0 Å². The molecule has 0 aliphatic rings. The highest BCUT2D eigenvalue weighted by molar-refractivity contribution is 7.47. The average Bonchev–Trinajstić information content (AvgIpc) is 3.13. The summed E-state index contributed by atoms with van der Waals surface area (Å²) in [5.41, 5.74) is 5.36. The zero-order valence-corrected chi connectivity index (χ0v) is 34.2. The van der Waals surface area contributed by atoms with Gasteiger partial charge in [-0.25, -0.2) is 4.57 Å². The van der Waals surface area contributed by atoms with Crippen molar-refractivity contribution in [2.24, 2.45) is 5.73 Å². The molecule has 0 heterocycles. The van der Waals surface area contributed by atoms with Crippen LogP contribution in [0.2, 0.25) is 0 Å². The topological polar surface area (TPSA) is 117 Å². The molecule has 0 radical (unpaired) electrons. The fourth-order valence-electron chi connectivity index (χ4n) is 5.41. The molecule has 3 N–H and O–H groups in total. The Bertz CT molecular complexity index is 979. The molecule has 0 aliphatic carbocycles. The number of rotatable bonds is 39. The van der Waals surface area contributed by atoms with Gasteiger partial charge in [0.1, 0.15) is 6.10 Å². The first-order valence-electron chi connectivity index (χ1n) is 20.8. The normalized spacial score (nSPS) is 14.2. The van der Waals surface area contributed by atoms with Crippen LogP contribution in [0.15, 0.2) is 60.8 Å². The number of hydrogen-bond acceptors (Lipinski definition) is 7. The van der Waals surface area contributed by atoms with Gasteiger partial charge < -0.3 is 20.1 Å². The molecule has 0 bridgehead atoms. The molecule has 2 atom stereocenters. The summed E-state index contributed by atoms with van der Waals surface area (Å²) >= 11 is 0. The lowest BCUT2D eigenvalue weighted by Gasteiger charge is -2.20. The summed E-state index contributed by atoms with van der Waals surface area (Å²) in [4.78, 5) is 22.4. The van der Waals surface area contributed by atoms with E-state index in [2.05, 4.69) is 74.6 Å². The van der Waals surface area contributed by atoms with Gasteiger partial charge in [-0.3, -0.25) is 13.8 Å². The van der Waals surface area contributed by atoms with Crippen molar-refractivity contribution in [1.29, 1.82) is 0 Å². The van der Waals surface area contributed by atoms with Gasteiger partial charge in [0.2, 0.25) is 0 Å². The molecule has 0 spiro atoms. The SMILES string of the molecule is CCCCCCC=CCCCCCCCC(=O)OC(COCCCCCCC=CC=CC=CC=CCCCCCCCC)COP(=O)(O)OCCN. The van der Waals surface area contributed by atoms with Crippen molar-refractivity contribution in [2.75, 3.05) is 33.0 Å². The van der Waals surface area contributed by atoms with Crippen LogP contribution in [0.1, 0.15) is 168 Å². The second-order valence-electron chi connectivity index (χ2n) is 13.6. The van der Waals surface area contributed by atoms with Crippen LogP contribution in [0.3, 0.4) is 0 Å². The van der Waals surface area contributed by atoms with E-state index in [1.165, 1.54) is 77.0 Å². The molecule has 0 aromatic carbocycles. The molecule has 0 saturated heterocycles. The largest absolute Gasteiger partial charge is 0.472 e. The van der Waals surface area contributed by atoms with Gasteiger partial charge in [-0.2, -0.15) is 0 Å². The van der Waals surface area contributed by atoms with Gasteiger partial charge in [0.15, 0.2) is 0 Å². The van der Waals surface area contributed by atoms with Crippen molar-refractivity contribution in [1.82, 2.24) is 0 Å². The summed E-state index contributed by atoms with van der Waals surface area (Å²) in [6, 6.07) is 0. The van der Waals surface area contributed by atoms with E-state index in [1.54, 1.807) is 0 Å². The van der Waals surface area contributed by atoms with Gasteiger partial charge in [-0.15, -0.1) is 0 Å². The van der Waals surface area contributed by atoms with E-state index in [0.717, 1.165) is 70.6 Å². The Morgan fingerprint density at radius 3 is 1.60 bits per heavy atom. The minimum Gasteiger partial charge on any atom is -0.457 e. The molecule has 52 heavy (non-hydrogen) atoms. The van der Waals surface area contributed by atoms with Gasteiger partial charge in [-0.05, 0) is 64.2 Å². The molecule has 302 valence electrons. The summed E-state index contributed by atoms with van der Waals surface area (Å²) in [6.07, 6.45) is 48.1. The Labute approximate surface area is 319 Å². The van der Waals surface area contributed by atoms with Crippen LogP contribution in [0, 0.1) is 0 Å². The van der Waals surface area contributed by atoms with Crippen LogP contribution < -0.4 is 5.73 Å². The molecule has 0 fully saturated rings. The van der Waals surface area contributed by atoms with Crippen molar-refractivity contribution >= 4 is 13.8 Å². The quantitative estimate of drug-likeness (QED) is 0.0210. The molecule has 0 aliphatic heterocycles. The summed E-state index contributed by atoms with van der Waals surface area (Å²) in [6.45, 7) is 4.79. The molecule has 0 amide bonds. The van der Waals surface area contributed by atoms with E-state index in [0.29, 0.717) is 13.0 Å². The first kappa shape index (κ1) is 50.2. The number of carbonyl (C=O) groups excluding carboxylic acids is 1. The van der Waals surface area contributed by atoms with Crippen LogP contribution in [0.5, 0.6) is 0 Å². The Hall–Kier alpha value is -1.80. The van der Waals surface area contributed by atoms with E-state index in [4.69, 9.17) is 24.3 Å². The number of ether oxygens (including phenoxy) is 2. The van der Waals surface area contributed by atoms with Gasteiger partial charge in [0.25, 0.3) is 0 Å². The fourth-order valence-corrected chi connectivity index (χ4v) is 6.18. The van der Waals surface area contributed by atoms with Crippen molar-refractivity contribution in [3.63, 3.8) is 0 Å². The van der Waals surface area contributed by atoms with E-state index >= 15 is 0 Å². The first-order valence-corrected chi connectivity index (χ1v) is 22.3. The van der Waals surface area contributed by atoms with E-state index in [9.17, 15) is 14.3 Å².